The number of hydrogen-bond donors (Lipinski definition) is 1. The van der Waals surface area contributed by atoms with E-state index in [1.165, 1.54) is 18.2 Å². The van der Waals surface area contributed by atoms with Crippen molar-refractivity contribution in [2.75, 3.05) is 6.61 Å². The number of aliphatic hydroxyl groups is 1. The second kappa shape index (κ2) is 12.1. The van der Waals surface area contributed by atoms with Gasteiger partial charge in [0.05, 0.1) is 36.0 Å². The summed E-state index contributed by atoms with van der Waals surface area (Å²) in [5.74, 6) is -1.65. The molecule has 262 valence electrons. The summed E-state index contributed by atoms with van der Waals surface area (Å²) in [6.07, 6.45) is 1.19. The van der Waals surface area contributed by atoms with E-state index in [9.17, 15) is 24.3 Å². The number of nitriles is 1. The average molecular weight is 693 g/mol. The van der Waals surface area contributed by atoms with Crippen molar-refractivity contribution in [3.8, 4) is 23.1 Å². The molecule has 0 spiro atoms. The summed E-state index contributed by atoms with van der Waals surface area (Å²) in [7, 11) is 0. The summed E-state index contributed by atoms with van der Waals surface area (Å²) in [5, 5.41) is 21.6. The zero-order valence-electron chi connectivity index (χ0n) is 28.4. The molecule has 0 radical (unpaired) electrons. The van der Waals surface area contributed by atoms with Gasteiger partial charge in [0.25, 0.3) is 0 Å². The Bertz CT molecular complexity index is 2100. The molecule has 2 unspecified atom stereocenters. The molecule has 4 heterocycles. The molecule has 3 fully saturated rings. The first-order valence-electron chi connectivity index (χ1n) is 17.1. The molecule has 4 aromatic rings. The molecule has 2 saturated carbocycles. The minimum Gasteiger partial charge on any atom is -0.482 e. The first kappa shape index (κ1) is 33.3. The second-order valence-corrected chi connectivity index (χ2v) is 14.8. The SMILES string of the molecule is C[C@]12CC[C@@H]3O[C@H](c4ccccc4F)OC[C@@]3(C)C1C[C@H](OC(=O)c1ccc(C#N)cc1)[C@@]1(C)Oc3cc(-c4cccnc4)oc(=O)c3[C@H](O)C21. The van der Waals surface area contributed by atoms with Crippen LogP contribution in [-0.4, -0.2) is 40.5 Å². The number of ether oxygens (including phenoxy) is 4. The van der Waals surface area contributed by atoms with Crippen LogP contribution in [0.1, 0.15) is 79.5 Å². The number of aromatic nitrogens is 1. The van der Waals surface area contributed by atoms with Gasteiger partial charge in [0.2, 0.25) is 0 Å². The predicted molar refractivity (Wildman–Crippen MR) is 180 cm³/mol. The first-order chi connectivity index (χ1) is 24.5. The van der Waals surface area contributed by atoms with Gasteiger partial charge in [0.1, 0.15) is 34.6 Å². The van der Waals surface area contributed by atoms with Gasteiger partial charge in [-0.05, 0) is 80.0 Å². The summed E-state index contributed by atoms with van der Waals surface area (Å²) in [5.41, 5.74) is -1.80. The van der Waals surface area contributed by atoms with E-state index in [1.807, 2.05) is 6.92 Å². The van der Waals surface area contributed by atoms with Gasteiger partial charge in [-0.15, -0.1) is 0 Å². The number of carbonyl (C=O) groups excluding carboxylic acids is 1. The third kappa shape index (κ3) is 5.19. The van der Waals surface area contributed by atoms with Gasteiger partial charge in [-0.3, -0.25) is 4.98 Å². The molecule has 10 nitrogen and oxygen atoms in total. The molecule has 8 rings (SSSR count). The lowest BCUT2D eigenvalue weighted by Gasteiger charge is -2.67. The van der Waals surface area contributed by atoms with E-state index in [1.54, 1.807) is 60.9 Å². The molecular weight excluding hydrogens is 655 g/mol. The molecule has 1 saturated heterocycles. The van der Waals surface area contributed by atoms with E-state index in [4.69, 9.17) is 23.4 Å². The number of benzene rings is 2. The minimum atomic E-state index is -1.33. The number of nitrogens with zero attached hydrogens (tertiary/aromatic N) is 2. The Kier molecular flexibility index (Phi) is 7.90. The molecule has 0 amide bonds. The van der Waals surface area contributed by atoms with Crippen molar-refractivity contribution >= 4 is 5.97 Å². The van der Waals surface area contributed by atoms with Crippen molar-refractivity contribution in [3.05, 3.63) is 118 Å². The van der Waals surface area contributed by atoms with E-state index in [0.717, 1.165) is 0 Å². The van der Waals surface area contributed by atoms with Crippen LogP contribution in [0.4, 0.5) is 4.39 Å². The molecule has 11 heteroatoms. The Labute approximate surface area is 293 Å². The maximum atomic E-state index is 14.8. The number of hydrogen-bond acceptors (Lipinski definition) is 10. The van der Waals surface area contributed by atoms with Crippen LogP contribution in [0.2, 0.25) is 0 Å². The van der Waals surface area contributed by atoms with Crippen molar-refractivity contribution in [1.29, 1.82) is 5.26 Å². The lowest BCUT2D eigenvalue weighted by molar-refractivity contribution is -0.330. The Balaban J connectivity index is 1.21. The molecule has 4 aliphatic rings. The zero-order chi connectivity index (χ0) is 35.7. The molecule has 1 N–H and O–H groups in total. The van der Waals surface area contributed by atoms with Crippen molar-refractivity contribution in [2.45, 2.75) is 70.2 Å². The van der Waals surface area contributed by atoms with Crippen LogP contribution in [-0.2, 0) is 14.2 Å². The molecule has 51 heavy (non-hydrogen) atoms. The zero-order valence-corrected chi connectivity index (χ0v) is 28.4. The number of pyridine rings is 1. The van der Waals surface area contributed by atoms with E-state index >= 15 is 0 Å². The first-order valence-corrected chi connectivity index (χ1v) is 17.1. The summed E-state index contributed by atoms with van der Waals surface area (Å²) in [4.78, 5) is 31.6. The van der Waals surface area contributed by atoms with Gasteiger partial charge in [-0.25, -0.2) is 14.0 Å². The molecular formula is C40H37FN2O8. The Morgan fingerprint density at radius 3 is 2.59 bits per heavy atom. The van der Waals surface area contributed by atoms with E-state index in [2.05, 4.69) is 24.9 Å². The van der Waals surface area contributed by atoms with Gasteiger partial charge >= 0.3 is 11.6 Å². The number of rotatable bonds is 4. The van der Waals surface area contributed by atoms with Crippen molar-refractivity contribution < 1.29 is 37.7 Å². The van der Waals surface area contributed by atoms with Crippen LogP contribution in [0.25, 0.3) is 11.3 Å². The summed E-state index contributed by atoms with van der Waals surface area (Å²) in [6.45, 7) is 6.21. The summed E-state index contributed by atoms with van der Waals surface area (Å²) < 4.78 is 46.5. The molecule has 0 bridgehead atoms. The fraction of sp³-hybridized carbons (Fsp3) is 0.400. The standard InChI is InChI=1S/C40H37FN2O8/c1-38-15-14-30-39(2,21-47-37(50-30)25-8-4-5-9-26(25)41)29(38)18-31(49-35(45)23-12-10-22(19-42)11-13-23)40(3)34(38)33(44)32-28(51-40)17-27(48-36(32)46)24-7-6-16-43-20-24/h4-13,16-17,20,29-31,33-34,37,44H,14-15,18,21H2,1-3H3/t29?,30-,31-,33-,34?,37+,38-,39-,40+/m0/s1. The summed E-state index contributed by atoms with van der Waals surface area (Å²) >= 11 is 0. The highest BCUT2D eigenvalue weighted by atomic mass is 19.1. The fourth-order valence-electron chi connectivity index (χ4n) is 9.56. The molecule has 9 atom stereocenters. The third-order valence-corrected chi connectivity index (χ3v) is 12.0. The van der Waals surface area contributed by atoms with Gasteiger partial charge in [0, 0.05) is 40.9 Å². The highest BCUT2D eigenvalue weighted by molar-refractivity contribution is 5.89. The van der Waals surface area contributed by atoms with E-state index in [0.29, 0.717) is 36.0 Å². The van der Waals surface area contributed by atoms with Crippen LogP contribution < -0.4 is 10.4 Å². The smallest absolute Gasteiger partial charge is 0.345 e. The van der Waals surface area contributed by atoms with Gasteiger partial charge in [0.15, 0.2) is 6.29 Å². The minimum absolute atomic E-state index is 0.00666. The van der Waals surface area contributed by atoms with Crippen LogP contribution in [0.15, 0.2) is 88.3 Å². The van der Waals surface area contributed by atoms with E-state index in [-0.39, 0.29) is 41.3 Å². The van der Waals surface area contributed by atoms with E-state index < -0.39 is 58.3 Å². The van der Waals surface area contributed by atoms with Crippen LogP contribution in [0, 0.1) is 39.8 Å². The lowest BCUT2D eigenvalue weighted by atomic mass is 9.42. The third-order valence-electron chi connectivity index (χ3n) is 12.0. The monoisotopic (exact) mass is 692 g/mol. The Morgan fingerprint density at radius 1 is 1.08 bits per heavy atom. The largest absolute Gasteiger partial charge is 0.482 e. The van der Waals surface area contributed by atoms with Crippen LogP contribution in [0.3, 0.4) is 0 Å². The number of esters is 1. The molecule has 2 aliphatic carbocycles. The van der Waals surface area contributed by atoms with Gasteiger partial charge < -0.3 is 28.5 Å². The number of fused-ring (bicyclic) bond motifs is 6. The Morgan fingerprint density at radius 2 is 1.86 bits per heavy atom. The van der Waals surface area contributed by atoms with Crippen molar-refractivity contribution in [2.24, 2.45) is 22.7 Å². The van der Waals surface area contributed by atoms with Gasteiger partial charge in [-0.1, -0.05) is 32.0 Å². The summed E-state index contributed by atoms with van der Waals surface area (Å²) in [6, 6.07) is 19.7. The highest BCUT2D eigenvalue weighted by Crippen LogP contribution is 2.68. The Hall–Kier alpha value is -4.89. The van der Waals surface area contributed by atoms with Gasteiger partial charge in [-0.2, -0.15) is 5.26 Å². The topological polar surface area (TPSA) is 141 Å². The lowest BCUT2D eigenvalue weighted by Crippen LogP contribution is -2.72. The van der Waals surface area contributed by atoms with Crippen molar-refractivity contribution in [1.82, 2.24) is 4.98 Å². The second-order valence-electron chi connectivity index (χ2n) is 14.8. The maximum Gasteiger partial charge on any atom is 0.345 e. The van der Waals surface area contributed by atoms with Crippen LogP contribution in [0.5, 0.6) is 5.75 Å². The molecule has 2 aromatic heterocycles. The normalized spacial score (nSPS) is 33.6. The molecule has 2 aliphatic heterocycles. The highest BCUT2D eigenvalue weighted by Gasteiger charge is 2.71. The fourth-order valence-corrected chi connectivity index (χ4v) is 9.56. The predicted octanol–water partition coefficient (Wildman–Crippen LogP) is 6.68. The molecule has 2 aromatic carbocycles. The quantitative estimate of drug-likeness (QED) is 0.230. The van der Waals surface area contributed by atoms with Crippen molar-refractivity contribution in [3.63, 3.8) is 0 Å². The van der Waals surface area contributed by atoms with Crippen LogP contribution >= 0.6 is 0 Å². The number of carbonyl (C=O) groups is 1. The number of halogens is 1. The maximum absolute atomic E-state index is 14.8. The number of aliphatic hydroxyl groups excluding tert-OH is 1. The average Bonchev–Trinajstić information content (AvgIpc) is 3.12.